The lowest BCUT2D eigenvalue weighted by Crippen LogP contribution is -2.56. The van der Waals surface area contributed by atoms with Crippen LogP contribution in [0.15, 0.2) is 0 Å². The van der Waals surface area contributed by atoms with Crippen LogP contribution in [0.5, 0.6) is 0 Å². The van der Waals surface area contributed by atoms with Crippen molar-refractivity contribution in [3.05, 3.63) is 0 Å². The zero-order valence-electron chi connectivity index (χ0n) is 11.2. The third-order valence-electron chi connectivity index (χ3n) is 3.04. The van der Waals surface area contributed by atoms with Gasteiger partial charge in [-0.1, -0.05) is 13.3 Å². The summed E-state index contributed by atoms with van der Waals surface area (Å²) in [6.45, 7) is 6.65. The van der Waals surface area contributed by atoms with Crippen molar-refractivity contribution < 1.29 is 19.4 Å². The second-order valence-corrected chi connectivity index (χ2v) is 4.77. The maximum atomic E-state index is 12.0. The van der Waals surface area contributed by atoms with Crippen LogP contribution in [0.4, 0.5) is 4.79 Å². The van der Waals surface area contributed by atoms with Gasteiger partial charge in [-0.3, -0.25) is 0 Å². The van der Waals surface area contributed by atoms with E-state index in [1.807, 2.05) is 20.8 Å². The Bertz CT molecular complexity index is 308. The molecule has 1 rings (SSSR count). The predicted octanol–water partition coefficient (Wildman–Crippen LogP) is 1.06. The number of carbonyl (C=O) groups excluding carboxylic acids is 1. The molecule has 0 aromatic rings. The quantitative estimate of drug-likeness (QED) is 0.790. The Hall–Kier alpha value is -1.30. The highest BCUT2D eigenvalue weighted by atomic mass is 16.5. The van der Waals surface area contributed by atoms with E-state index in [-0.39, 0.29) is 18.2 Å². The minimum atomic E-state index is -0.987. The molecule has 18 heavy (non-hydrogen) atoms. The lowest BCUT2D eigenvalue weighted by Gasteiger charge is -2.37. The molecule has 1 aliphatic rings. The summed E-state index contributed by atoms with van der Waals surface area (Å²) in [7, 11) is 0. The zero-order chi connectivity index (χ0) is 13.7. The Morgan fingerprint density at radius 2 is 2.17 bits per heavy atom. The summed E-state index contributed by atoms with van der Waals surface area (Å²) in [6.07, 6.45) is 1.14. The number of nitrogens with zero attached hydrogens (tertiary/aromatic N) is 1. The van der Waals surface area contributed by atoms with E-state index in [0.717, 1.165) is 0 Å². The van der Waals surface area contributed by atoms with E-state index in [1.165, 1.54) is 0 Å². The number of amides is 2. The largest absolute Gasteiger partial charge is 0.480 e. The molecule has 6 nitrogen and oxygen atoms in total. The monoisotopic (exact) mass is 258 g/mol. The molecule has 0 bridgehead atoms. The first-order chi connectivity index (χ1) is 8.45. The van der Waals surface area contributed by atoms with Gasteiger partial charge in [0.25, 0.3) is 0 Å². The first-order valence-corrected chi connectivity index (χ1v) is 6.37. The van der Waals surface area contributed by atoms with Gasteiger partial charge < -0.3 is 20.1 Å². The molecule has 3 atom stereocenters. The van der Waals surface area contributed by atoms with Crippen molar-refractivity contribution in [3.63, 3.8) is 0 Å². The number of carboxylic acid groups (broad SMARTS) is 1. The van der Waals surface area contributed by atoms with Crippen LogP contribution in [-0.2, 0) is 9.53 Å². The molecule has 0 saturated carbocycles. The van der Waals surface area contributed by atoms with Crippen LogP contribution in [0.1, 0.15) is 33.6 Å². The first kappa shape index (κ1) is 14.8. The van der Waals surface area contributed by atoms with Gasteiger partial charge in [-0.15, -0.1) is 0 Å². The predicted molar refractivity (Wildman–Crippen MR) is 66.4 cm³/mol. The lowest BCUT2D eigenvalue weighted by molar-refractivity contribution is -0.139. The van der Waals surface area contributed by atoms with E-state index in [9.17, 15) is 9.59 Å². The Balaban J connectivity index is 2.59. The third-order valence-corrected chi connectivity index (χ3v) is 3.04. The average molecular weight is 258 g/mol. The molecule has 1 saturated heterocycles. The van der Waals surface area contributed by atoms with Gasteiger partial charge in [0.2, 0.25) is 0 Å². The minimum absolute atomic E-state index is 0.0126. The number of morpholine rings is 1. The molecular formula is C12H22N2O4. The summed E-state index contributed by atoms with van der Waals surface area (Å²) in [5, 5.41) is 11.6. The fraction of sp³-hybridized carbons (Fsp3) is 0.833. The summed E-state index contributed by atoms with van der Waals surface area (Å²) >= 11 is 0. The van der Waals surface area contributed by atoms with Crippen LogP contribution in [0.2, 0.25) is 0 Å². The smallest absolute Gasteiger partial charge is 0.326 e. The molecular weight excluding hydrogens is 236 g/mol. The number of urea groups is 1. The van der Waals surface area contributed by atoms with Crippen LogP contribution in [0.3, 0.4) is 0 Å². The standard InChI is InChI=1S/C12H22N2O4/c1-4-5-10(11(15)16)13-12(17)14-6-9(3)18-7-8(14)2/h8-10H,4-7H2,1-3H3,(H,13,17)(H,15,16)/t8?,9?,10-/m1/s1. The van der Waals surface area contributed by atoms with E-state index >= 15 is 0 Å². The van der Waals surface area contributed by atoms with Crippen LogP contribution >= 0.6 is 0 Å². The van der Waals surface area contributed by atoms with E-state index in [2.05, 4.69) is 5.32 Å². The number of carboxylic acids is 1. The summed E-state index contributed by atoms with van der Waals surface area (Å²) in [6, 6.07) is -1.16. The molecule has 2 amide bonds. The minimum Gasteiger partial charge on any atom is -0.480 e. The molecule has 1 aliphatic heterocycles. The van der Waals surface area contributed by atoms with E-state index in [1.54, 1.807) is 4.90 Å². The van der Waals surface area contributed by atoms with E-state index in [4.69, 9.17) is 9.84 Å². The summed E-state index contributed by atoms with van der Waals surface area (Å²) in [5.74, 6) is -0.987. The average Bonchev–Trinajstić information content (AvgIpc) is 2.31. The molecule has 2 unspecified atom stereocenters. The van der Waals surface area contributed by atoms with Gasteiger partial charge in [-0.05, 0) is 20.3 Å². The fourth-order valence-electron chi connectivity index (χ4n) is 1.96. The molecule has 0 radical (unpaired) electrons. The van der Waals surface area contributed by atoms with Gasteiger partial charge in [-0.25, -0.2) is 9.59 Å². The van der Waals surface area contributed by atoms with Crippen LogP contribution in [-0.4, -0.2) is 53.3 Å². The van der Waals surface area contributed by atoms with Crippen LogP contribution < -0.4 is 5.32 Å². The number of ether oxygens (including phenoxy) is 1. The SMILES string of the molecule is CCC[C@@H](NC(=O)N1CC(C)OCC1C)C(=O)O. The van der Waals surface area contributed by atoms with Gasteiger partial charge in [0.05, 0.1) is 18.8 Å². The highest BCUT2D eigenvalue weighted by molar-refractivity contribution is 5.82. The summed E-state index contributed by atoms with van der Waals surface area (Å²) < 4.78 is 5.43. The number of rotatable bonds is 4. The van der Waals surface area contributed by atoms with Crippen LogP contribution in [0.25, 0.3) is 0 Å². The molecule has 2 N–H and O–H groups in total. The van der Waals surface area contributed by atoms with Crippen LogP contribution in [0, 0.1) is 0 Å². The van der Waals surface area contributed by atoms with Gasteiger partial charge in [-0.2, -0.15) is 0 Å². The summed E-state index contributed by atoms with van der Waals surface area (Å²) in [5.41, 5.74) is 0. The number of aliphatic carboxylic acids is 1. The Morgan fingerprint density at radius 1 is 1.50 bits per heavy atom. The van der Waals surface area contributed by atoms with Gasteiger partial charge in [0, 0.05) is 6.54 Å². The third kappa shape index (κ3) is 3.87. The highest BCUT2D eigenvalue weighted by Gasteiger charge is 2.29. The molecule has 0 aromatic heterocycles. The van der Waals surface area contributed by atoms with Crippen molar-refractivity contribution in [2.24, 2.45) is 0 Å². The second-order valence-electron chi connectivity index (χ2n) is 4.77. The van der Waals surface area contributed by atoms with Crippen molar-refractivity contribution in [1.29, 1.82) is 0 Å². The topological polar surface area (TPSA) is 78.9 Å². The normalized spacial score (nSPS) is 25.6. The van der Waals surface area contributed by atoms with E-state index in [0.29, 0.717) is 26.0 Å². The van der Waals surface area contributed by atoms with Crippen molar-refractivity contribution in [1.82, 2.24) is 10.2 Å². The second kappa shape index (κ2) is 6.58. The first-order valence-electron chi connectivity index (χ1n) is 6.37. The van der Waals surface area contributed by atoms with Gasteiger partial charge in [0.15, 0.2) is 0 Å². The highest BCUT2D eigenvalue weighted by Crippen LogP contribution is 2.12. The van der Waals surface area contributed by atoms with Crippen molar-refractivity contribution in [2.45, 2.75) is 51.8 Å². The number of hydrogen-bond acceptors (Lipinski definition) is 3. The zero-order valence-corrected chi connectivity index (χ0v) is 11.2. The molecule has 104 valence electrons. The molecule has 1 heterocycles. The fourth-order valence-corrected chi connectivity index (χ4v) is 1.96. The number of carbonyl (C=O) groups is 2. The van der Waals surface area contributed by atoms with Crippen molar-refractivity contribution >= 4 is 12.0 Å². The Morgan fingerprint density at radius 3 is 2.72 bits per heavy atom. The number of hydrogen-bond donors (Lipinski definition) is 2. The summed E-state index contributed by atoms with van der Waals surface area (Å²) in [4.78, 5) is 24.7. The lowest BCUT2D eigenvalue weighted by atomic mass is 10.1. The van der Waals surface area contributed by atoms with Crippen molar-refractivity contribution in [3.8, 4) is 0 Å². The maximum Gasteiger partial charge on any atom is 0.326 e. The molecule has 0 aromatic carbocycles. The molecule has 6 heteroatoms. The molecule has 0 aliphatic carbocycles. The van der Waals surface area contributed by atoms with Gasteiger partial charge >= 0.3 is 12.0 Å². The van der Waals surface area contributed by atoms with Gasteiger partial charge in [0.1, 0.15) is 6.04 Å². The maximum absolute atomic E-state index is 12.0. The molecule has 0 spiro atoms. The van der Waals surface area contributed by atoms with Crippen molar-refractivity contribution in [2.75, 3.05) is 13.2 Å². The Kier molecular flexibility index (Phi) is 5.40. The molecule has 1 fully saturated rings. The Labute approximate surface area is 107 Å². The number of nitrogens with one attached hydrogen (secondary N) is 1. The van der Waals surface area contributed by atoms with E-state index < -0.39 is 12.0 Å².